The summed E-state index contributed by atoms with van der Waals surface area (Å²) in [5, 5.41) is 0. The van der Waals surface area contributed by atoms with Gasteiger partial charge >= 0.3 is 0 Å². The van der Waals surface area contributed by atoms with E-state index in [0.717, 1.165) is 16.3 Å². The third-order valence-corrected chi connectivity index (χ3v) is 4.23. The summed E-state index contributed by atoms with van der Waals surface area (Å²) in [5.41, 5.74) is 0. The maximum absolute atomic E-state index is 2.74. The molecule has 2 nitrogen and oxygen atoms in total. The minimum Gasteiger partial charge on any atom is -1.00 e. The molecule has 102 valence electrons. The first-order valence-corrected chi connectivity index (χ1v) is 7.06. The van der Waals surface area contributed by atoms with Gasteiger partial charge in [-0.05, 0) is 31.1 Å². The van der Waals surface area contributed by atoms with Crippen molar-refractivity contribution in [1.29, 1.82) is 0 Å². The predicted octanol–water partition coefficient (Wildman–Crippen LogP) is -0.791. The Morgan fingerprint density at radius 3 is 2.18 bits per heavy atom. The Hall–Kier alpha value is 0.650. The van der Waals surface area contributed by atoms with E-state index in [4.69, 9.17) is 0 Å². The summed E-state index contributed by atoms with van der Waals surface area (Å²) < 4.78 is 1.11. The van der Waals surface area contributed by atoms with Crippen LogP contribution >= 0.6 is 0 Å². The van der Waals surface area contributed by atoms with Crippen LogP contribution < -0.4 is 24.0 Å². The maximum Gasteiger partial charge on any atom is 0.0792 e. The highest BCUT2D eigenvalue weighted by Gasteiger charge is 2.30. The van der Waals surface area contributed by atoms with Crippen LogP contribution in [-0.2, 0) is 0 Å². The van der Waals surface area contributed by atoms with Crippen molar-refractivity contribution >= 4 is 0 Å². The van der Waals surface area contributed by atoms with E-state index in [0.29, 0.717) is 0 Å². The number of hydrogen-bond donors (Lipinski definition) is 0. The van der Waals surface area contributed by atoms with Crippen molar-refractivity contribution in [2.45, 2.75) is 32.1 Å². The molecule has 1 saturated heterocycles. The molecule has 2 atom stereocenters. The van der Waals surface area contributed by atoms with Crippen molar-refractivity contribution in [1.82, 2.24) is 4.90 Å². The predicted molar refractivity (Wildman–Crippen MR) is 69.4 cm³/mol. The van der Waals surface area contributed by atoms with Crippen LogP contribution in [0.1, 0.15) is 32.1 Å². The highest BCUT2D eigenvalue weighted by atomic mass is 127. The first-order chi connectivity index (χ1) is 7.53. The topological polar surface area (TPSA) is 3.24 Å². The van der Waals surface area contributed by atoms with Crippen molar-refractivity contribution in [2.24, 2.45) is 11.8 Å². The smallest absolute Gasteiger partial charge is 0.0792 e. The zero-order chi connectivity index (χ0) is 11.6. The van der Waals surface area contributed by atoms with Gasteiger partial charge in [0.05, 0.1) is 27.7 Å². The third-order valence-electron chi connectivity index (χ3n) is 4.23. The van der Waals surface area contributed by atoms with Crippen LogP contribution in [0, 0.1) is 11.8 Å². The molecule has 0 aromatic carbocycles. The molecular weight excluding hydrogens is 323 g/mol. The number of likely N-dealkylation sites (tertiary alicyclic amines) is 1. The molecule has 0 amide bonds. The van der Waals surface area contributed by atoms with Crippen LogP contribution in [0.25, 0.3) is 0 Å². The van der Waals surface area contributed by atoms with Crippen LogP contribution in [-0.4, -0.2) is 56.7 Å². The second-order valence-corrected chi connectivity index (χ2v) is 7.03. The number of quaternary nitrogens is 1. The molecule has 0 N–H and O–H groups in total. The largest absolute Gasteiger partial charge is 1.00 e. The summed E-state index contributed by atoms with van der Waals surface area (Å²) in [6.07, 6.45) is 7.40. The van der Waals surface area contributed by atoms with Crippen molar-refractivity contribution < 1.29 is 28.5 Å². The quantitative estimate of drug-likeness (QED) is 0.474. The Kier molecular flexibility index (Phi) is 6.20. The number of nitrogens with zero attached hydrogens (tertiary/aromatic N) is 2. The zero-order valence-corrected chi connectivity index (χ0v) is 13.9. The Bertz CT molecular complexity index is 213. The van der Waals surface area contributed by atoms with Gasteiger partial charge in [0.2, 0.25) is 0 Å². The molecule has 2 fully saturated rings. The molecule has 1 aliphatic heterocycles. The molecule has 2 aliphatic rings. The first-order valence-electron chi connectivity index (χ1n) is 7.06. The molecule has 2 unspecified atom stereocenters. The fourth-order valence-corrected chi connectivity index (χ4v) is 3.49. The molecule has 1 aliphatic carbocycles. The maximum atomic E-state index is 2.74. The van der Waals surface area contributed by atoms with Crippen molar-refractivity contribution in [3.63, 3.8) is 0 Å². The molecule has 0 aromatic rings. The van der Waals surface area contributed by atoms with Gasteiger partial charge in [0.25, 0.3) is 0 Å². The highest BCUT2D eigenvalue weighted by Crippen LogP contribution is 2.34. The van der Waals surface area contributed by atoms with E-state index in [1.165, 1.54) is 58.3 Å². The monoisotopic (exact) mass is 352 g/mol. The fourth-order valence-electron chi connectivity index (χ4n) is 3.49. The second kappa shape index (κ2) is 6.71. The number of rotatable bonds is 4. The van der Waals surface area contributed by atoms with Crippen LogP contribution in [0.15, 0.2) is 0 Å². The number of hydrogen-bond acceptors (Lipinski definition) is 1. The Labute approximate surface area is 124 Å². The van der Waals surface area contributed by atoms with Crippen LogP contribution in [0.2, 0.25) is 0 Å². The lowest BCUT2D eigenvalue weighted by molar-refractivity contribution is -0.870. The third kappa shape index (κ3) is 5.43. The van der Waals surface area contributed by atoms with Crippen molar-refractivity contribution in [3.8, 4) is 0 Å². The minimum absolute atomic E-state index is 0. The van der Waals surface area contributed by atoms with Gasteiger partial charge in [0.1, 0.15) is 0 Å². The molecule has 0 aromatic heterocycles. The molecule has 1 heterocycles. The van der Waals surface area contributed by atoms with Gasteiger partial charge in [0.15, 0.2) is 0 Å². The SMILES string of the molecule is C[N+](C)(C)CCCN1CC2CCCC(C2)C1.[I-]. The molecule has 0 radical (unpaired) electrons. The average Bonchev–Trinajstić information content (AvgIpc) is 2.15. The second-order valence-electron chi connectivity index (χ2n) is 7.03. The van der Waals surface area contributed by atoms with E-state index in [-0.39, 0.29) is 24.0 Å². The van der Waals surface area contributed by atoms with Gasteiger partial charge in [-0.15, -0.1) is 0 Å². The fraction of sp³-hybridized carbons (Fsp3) is 1.00. The van der Waals surface area contributed by atoms with Gasteiger partial charge in [-0.2, -0.15) is 0 Å². The average molecular weight is 352 g/mol. The highest BCUT2D eigenvalue weighted by molar-refractivity contribution is 4.83. The van der Waals surface area contributed by atoms with E-state index in [2.05, 4.69) is 26.0 Å². The Morgan fingerprint density at radius 1 is 1.06 bits per heavy atom. The van der Waals surface area contributed by atoms with Gasteiger partial charge in [0, 0.05) is 26.1 Å². The zero-order valence-electron chi connectivity index (χ0n) is 11.8. The van der Waals surface area contributed by atoms with Crippen LogP contribution in [0.4, 0.5) is 0 Å². The van der Waals surface area contributed by atoms with Crippen LogP contribution in [0.3, 0.4) is 0 Å². The molecular formula is C14H29IN2. The van der Waals surface area contributed by atoms with Gasteiger partial charge in [-0.1, -0.05) is 6.42 Å². The van der Waals surface area contributed by atoms with Crippen molar-refractivity contribution in [3.05, 3.63) is 0 Å². The number of piperidine rings is 1. The van der Waals surface area contributed by atoms with Gasteiger partial charge in [-0.3, -0.25) is 0 Å². The molecule has 2 bridgehead atoms. The van der Waals surface area contributed by atoms with E-state index in [1.54, 1.807) is 0 Å². The summed E-state index contributed by atoms with van der Waals surface area (Å²) in [7, 11) is 6.89. The Balaban J connectivity index is 0.00000144. The van der Waals surface area contributed by atoms with E-state index in [1.807, 2.05) is 0 Å². The standard InChI is InChI=1S/C14H29N2.HI/c1-16(2,3)9-5-8-15-11-13-6-4-7-14(10-13)12-15;/h13-14H,4-12H2,1-3H3;1H/q+1;/p-1. The van der Waals surface area contributed by atoms with E-state index in [9.17, 15) is 0 Å². The molecule has 1 saturated carbocycles. The lowest BCUT2D eigenvalue weighted by atomic mass is 9.78. The number of halogens is 1. The lowest BCUT2D eigenvalue weighted by Crippen LogP contribution is -3.00. The summed E-state index contributed by atoms with van der Waals surface area (Å²) in [6.45, 7) is 5.44. The lowest BCUT2D eigenvalue weighted by Gasteiger charge is -2.41. The summed E-state index contributed by atoms with van der Waals surface area (Å²) in [6, 6.07) is 0. The van der Waals surface area contributed by atoms with Crippen molar-refractivity contribution in [2.75, 3.05) is 47.3 Å². The van der Waals surface area contributed by atoms with Crippen LogP contribution in [0.5, 0.6) is 0 Å². The summed E-state index contributed by atoms with van der Waals surface area (Å²) >= 11 is 0. The summed E-state index contributed by atoms with van der Waals surface area (Å²) in [5.74, 6) is 2.08. The minimum atomic E-state index is 0. The number of fused-ring (bicyclic) bond motifs is 2. The normalized spacial score (nSPS) is 29.8. The first kappa shape index (κ1) is 15.7. The Morgan fingerprint density at radius 2 is 1.65 bits per heavy atom. The van der Waals surface area contributed by atoms with E-state index >= 15 is 0 Å². The van der Waals surface area contributed by atoms with E-state index < -0.39 is 0 Å². The van der Waals surface area contributed by atoms with Gasteiger partial charge < -0.3 is 33.4 Å². The van der Waals surface area contributed by atoms with Gasteiger partial charge in [-0.25, -0.2) is 0 Å². The molecule has 17 heavy (non-hydrogen) atoms. The molecule has 0 spiro atoms. The summed E-state index contributed by atoms with van der Waals surface area (Å²) in [4.78, 5) is 2.74. The molecule has 2 rings (SSSR count). The molecule has 3 heteroatoms.